The Labute approximate surface area is 102 Å². The summed E-state index contributed by atoms with van der Waals surface area (Å²) in [6.07, 6.45) is -4.00. The van der Waals surface area contributed by atoms with E-state index in [0.29, 0.717) is 18.0 Å². The molecule has 0 amide bonds. The monoisotopic (exact) mass is 262 g/mol. The lowest BCUT2D eigenvalue weighted by atomic mass is 10.1. The predicted octanol–water partition coefficient (Wildman–Crippen LogP) is 4.27. The first-order valence-corrected chi connectivity index (χ1v) is 6.12. The van der Waals surface area contributed by atoms with E-state index in [0.717, 1.165) is 6.07 Å². The van der Waals surface area contributed by atoms with Crippen molar-refractivity contribution in [2.24, 2.45) is 5.92 Å². The van der Waals surface area contributed by atoms with Crippen LogP contribution in [0, 0.1) is 5.92 Å². The minimum atomic E-state index is -4.42. The fraction of sp³-hybridized carbons (Fsp3) is 0.417. The highest BCUT2D eigenvalue weighted by molar-refractivity contribution is 7.99. The average Bonchev–Trinajstić information content (AvgIpc) is 2.24. The zero-order valence-electron chi connectivity index (χ0n) is 9.54. The molecule has 0 saturated carbocycles. The lowest BCUT2D eigenvalue weighted by Crippen LogP contribution is -2.08. The van der Waals surface area contributed by atoms with Gasteiger partial charge in [0.15, 0.2) is 0 Å². The minimum Gasteiger partial charge on any atom is -0.298 e. The number of hydrogen-bond donors (Lipinski definition) is 0. The van der Waals surface area contributed by atoms with E-state index in [1.807, 2.05) is 13.8 Å². The molecule has 94 valence electrons. The van der Waals surface area contributed by atoms with Crippen LogP contribution in [0.15, 0.2) is 23.1 Å². The highest BCUT2D eigenvalue weighted by atomic mass is 32.2. The Balaban J connectivity index is 3.07. The van der Waals surface area contributed by atoms with Gasteiger partial charge in [0.2, 0.25) is 0 Å². The zero-order valence-corrected chi connectivity index (χ0v) is 10.4. The third-order valence-electron chi connectivity index (χ3n) is 2.02. The lowest BCUT2D eigenvalue weighted by Gasteiger charge is -2.13. The van der Waals surface area contributed by atoms with E-state index >= 15 is 0 Å². The van der Waals surface area contributed by atoms with Crippen molar-refractivity contribution in [1.29, 1.82) is 0 Å². The SMILES string of the molecule is CC(C)CSc1ccc(C=O)cc1C(F)(F)F. The number of rotatable bonds is 4. The molecule has 0 N–H and O–H groups in total. The molecule has 0 aliphatic carbocycles. The van der Waals surface area contributed by atoms with E-state index in [-0.39, 0.29) is 10.5 Å². The number of alkyl halides is 3. The van der Waals surface area contributed by atoms with Gasteiger partial charge in [-0.15, -0.1) is 11.8 Å². The minimum absolute atomic E-state index is 0.0474. The van der Waals surface area contributed by atoms with Crippen molar-refractivity contribution >= 4 is 18.0 Å². The average molecular weight is 262 g/mol. The van der Waals surface area contributed by atoms with E-state index in [2.05, 4.69) is 0 Å². The second-order valence-corrected chi connectivity index (χ2v) is 5.14. The molecule has 0 fully saturated rings. The summed E-state index contributed by atoms with van der Waals surface area (Å²) in [5.41, 5.74) is -0.682. The Morgan fingerprint density at radius 1 is 1.35 bits per heavy atom. The number of benzene rings is 1. The summed E-state index contributed by atoms with van der Waals surface area (Å²) in [7, 11) is 0. The maximum atomic E-state index is 12.8. The van der Waals surface area contributed by atoms with E-state index in [4.69, 9.17) is 0 Å². The number of aldehydes is 1. The molecule has 0 atom stereocenters. The van der Waals surface area contributed by atoms with Crippen molar-refractivity contribution in [3.05, 3.63) is 29.3 Å². The molecule has 0 aliphatic heterocycles. The molecule has 0 aromatic heterocycles. The van der Waals surface area contributed by atoms with Gasteiger partial charge >= 0.3 is 6.18 Å². The van der Waals surface area contributed by atoms with Crippen LogP contribution in [0.25, 0.3) is 0 Å². The van der Waals surface area contributed by atoms with Crippen LogP contribution in [0.2, 0.25) is 0 Å². The molecule has 1 nitrogen and oxygen atoms in total. The van der Waals surface area contributed by atoms with Gasteiger partial charge < -0.3 is 0 Å². The van der Waals surface area contributed by atoms with Gasteiger partial charge in [-0.2, -0.15) is 13.2 Å². The summed E-state index contributed by atoms with van der Waals surface area (Å²) in [6, 6.07) is 3.67. The number of carbonyl (C=O) groups is 1. The van der Waals surface area contributed by atoms with Crippen molar-refractivity contribution in [2.75, 3.05) is 5.75 Å². The molecule has 1 rings (SSSR count). The van der Waals surface area contributed by atoms with E-state index in [9.17, 15) is 18.0 Å². The molecule has 1 aromatic rings. The predicted molar refractivity (Wildman–Crippen MR) is 62.4 cm³/mol. The quantitative estimate of drug-likeness (QED) is 0.595. The maximum Gasteiger partial charge on any atom is 0.417 e. The Morgan fingerprint density at radius 2 is 2.00 bits per heavy atom. The third kappa shape index (κ3) is 4.07. The summed E-state index contributed by atoms with van der Waals surface area (Å²) in [4.78, 5) is 10.7. The van der Waals surface area contributed by atoms with Crippen LogP contribution in [-0.4, -0.2) is 12.0 Å². The van der Waals surface area contributed by atoms with Crippen molar-refractivity contribution in [2.45, 2.75) is 24.9 Å². The maximum absolute atomic E-state index is 12.8. The molecule has 0 unspecified atom stereocenters. The van der Waals surface area contributed by atoms with Gasteiger partial charge in [-0.1, -0.05) is 19.9 Å². The molecule has 0 saturated heterocycles. The normalized spacial score (nSPS) is 11.9. The second-order valence-electron chi connectivity index (χ2n) is 4.08. The first-order chi connectivity index (χ1) is 7.84. The number of hydrogen-bond acceptors (Lipinski definition) is 2. The summed E-state index contributed by atoms with van der Waals surface area (Å²) in [5.74, 6) is 0.926. The number of thioether (sulfide) groups is 1. The molecular weight excluding hydrogens is 249 g/mol. The molecule has 1 aromatic carbocycles. The molecule has 17 heavy (non-hydrogen) atoms. The van der Waals surface area contributed by atoms with E-state index < -0.39 is 11.7 Å². The van der Waals surface area contributed by atoms with Gasteiger partial charge in [0, 0.05) is 16.2 Å². The van der Waals surface area contributed by atoms with Crippen molar-refractivity contribution in [3.63, 3.8) is 0 Å². The van der Waals surface area contributed by atoms with Gasteiger partial charge in [0.25, 0.3) is 0 Å². The molecule has 0 heterocycles. The van der Waals surface area contributed by atoms with Crippen LogP contribution in [0.5, 0.6) is 0 Å². The van der Waals surface area contributed by atoms with Crippen LogP contribution < -0.4 is 0 Å². The molecule has 5 heteroatoms. The number of halogens is 3. The van der Waals surface area contributed by atoms with Crippen LogP contribution in [-0.2, 0) is 6.18 Å². The molecule has 0 spiro atoms. The van der Waals surface area contributed by atoms with Crippen LogP contribution >= 0.6 is 11.8 Å². The summed E-state index contributed by atoms with van der Waals surface area (Å²) >= 11 is 1.17. The Morgan fingerprint density at radius 3 is 2.47 bits per heavy atom. The molecule has 0 bridgehead atoms. The van der Waals surface area contributed by atoms with E-state index in [1.54, 1.807) is 0 Å². The summed E-state index contributed by atoms with van der Waals surface area (Å²) in [6.45, 7) is 3.89. The Hall–Kier alpha value is -0.970. The highest BCUT2D eigenvalue weighted by Crippen LogP contribution is 2.37. The third-order valence-corrected chi connectivity index (χ3v) is 3.52. The molecular formula is C12H13F3OS. The summed E-state index contributed by atoms with van der Waals surface area (Å²) in [5, 5.41) is 0. The fourth-order valence-corrected chi connectivity index (χ4v) is 2.23. The van der Waals surface area contributed by atoms with E-state index in [1.165, 1.54) is 23.9 Å². The topological polar surface area (TPSA) is 17.1 Å². The van der Waals surface area contributed by atoms with Crippen molar-refractivity contribution in [1.82, 2.24) is 0 Å². The largest absolute Gasteiger partial charge is 0.417 e. The van der Waals surface area contributed by atoms with Gasteiger partial charge in [-0.05, 0) is 18.1 Å². The molecule has 0 radical (unpaired) electrons. The van der Waals surface area contributed by atoms with Gasteiger partial charge in [-0.25, -0.2) is 0 Å². The lowest BCUT2D eigenvalue weighted by molar-refractivity contribution is -0.139. The van der Waals surface area contributed by atoms with Gasteiger partial charge in [0.05, 0.1) is 5.56 Å². The van der Waals surface area contributed by atoms with Crippen LogP contribution in [0.4, 0.5) is 13.2 Å². The Kier molecular flexibility index (Phi) is 4.62. The van der Waals surface area contributed by atoms with Gasteiger partial charge in [-0.3, -0.25) is 4.79 Å². The Bertz CT molecular complexity index is 399. The first-order valence-electron chi connectivity index (χ1n) is 5.14. The van der Waals surface area contributed by atoms with Crippen LogP contribution in [0.3, 0.4) is 0 Å². The standard InChI is InChI=1S/C12H13F3OS/c1-8(2)7-17-11-4-3-9(6-16)5-10(11)12(13,14)15/h3-6,8H,7H2,1-2H3. The van der Waals surface area contributed by atoms with Gasteiger partial charge in [0.1, 0.15) is 6.29 Å². The van der Waals surface area contributed by atoms with Crippen LogP contribution in [0.1, 0.15) is 29.8 Å². The van der Waals surface area contributed by atoms with Crippen molar-refractivity contribution < 1.29 is 18.0 Å². The smallest absolute Gasteiger partial charge is 0.298 e. The summed E-state index contributed by atoms with van der Waals surface area (Å²) < 4.78 is 38.3. The van der Waals surface area contributed by atoms with Crippen molar-refractivity contribution in [3.8, 4) is 0 Å². The fourth-order valence-electron chi connectivity index (χ4n) is 1.22. The zero-order chi connectivity index (χ0) is 13.1. The first kappa shape index (κ1) is 14.1. The number of carbonyl (C=O) groups excluding carboxylic acids is 1. The highest BCUT2D eigenvalue weighted by Gasteiger charge is 2.33. The molecule has 0 aliphatic rings. The second kappa shape index (κ2) is 5.58.